The van der Waals surface area contributed by atoms with Crippen LogP contribution in [0.1, 0.15) is 45.1 Å². The molecule has 0 unspecified atom stereocenters. The van der Waals surface area contributed by atoms with Crippen LogP contribution in [-0.2, 0) is 30.7 Å². The van der Waals surface area contributed by atoms with E-state index >= 15 is 0 Å². The molecule has 2 aromatic carbocycles. The third-order valence-electron chi connectivity index (χ3n) is 8.70. The smallest absolute Gasteiger partial charge is 0.407 e. The molecule has 1 aliphatic carbocycles. The van der Waals surface area contributed by atoms with Crippen LogP contribution in [0.4, 0.5) is 4.79 Å². The van der Waals surface area contributed by atoms with E-state index in [2.05, 4.69) is 5.32 Å². The third-order valence-corrected chi connectivity index (χ3v) is 10.5. The second-order valence-electron chi connectivity index (χ2n) is 12.2. The first kappa shape index (κ1) is 31.7. The lowest BCUT2D eigenvalue weighted by atomic mass is 9.77. The molecule has 11 heteroatoms. The van der Waals surface area contributed by atoms with E-state index in [1.54, 1.807) is 12.1 Å². The summed E-state index contributed by atoms with van der Waals surface area (Å²) in [5, 5.41) is 14.4. The van der Waals surface area contributed by atoms with Crippen LogP contribution in [0, 0.1) is 17.8 Å². The van der Waals surface area contributed by atoms with Gasteiger partial charge in [0.2, 0.25) is 10.0 Å². The zero-order valence-corrected chi connectivity index (χ0v) is 25.9. The zero-order valence-electron chi connectivity index (χ0n) is 25.1. The average Bonchev–Trinajstić information content (AvgIpc) is 3.59. The maximum absolute atomic E-state index is 13.7. The Hall–Kier alpha value is -2.70. The van der Waals surface area contributed by atoms with Gasteiger partial charge in [-0.15, -0.1) is 0 Å². The molecule has 0 spiro atoms. The molecule has 2 heterocycles. The van der Waals surface area contributed by atoms with E-state index < -0.39 is 28.3 Å². The Kier molecular flexibility index (Phi) is 10.3. The van der Waals surface area contributed by atoms with Crippen molar-refractivity contribution in [2.75, 3.05) is 26.8 Å². The number of aliphatic hydroxyl groups is 1. The molecule has 0 bridgehead atoms. The molecule has 43 heavy (non-hydrogen) atoms. The van der Waals surface area contributed by atoms with Crippen LogP contribution in [0.3, 0.4) is 0 Å². The number of alkyl carbamates (subject to hydrolysis) is 1. The van der Waals surface area contributed by atoms with Gasteiger partial charge in [0, 0.05) is 24.9 Å². The van der Waals surface area contributed by atoms with Gasteiger partial charge in [0.25, 0.3) is 0 Å². The number of sulfonamides is 1. The van der Waals surface area contributed by atoms with Crippen molar-refractivity contribution in [1.82, 2.24) is 9.62 Å². The number of ether oxygens (including phenoxy) is 4. The lowest BCUT2D eigenvalue weighted by Crippen LogP contribution is -2.52. The van der Waals surface area contributed by atoms with Crippen molar-refractivity contribution < 1.29 is 37.3 Å². The van der Waals surface area contributed by atoms with Crippen LogP contribution in [0.5, 0.6) is 5.75 Å². The number of nitrogens with zero attached hydrogens (tertiary/aromatic N) is 1. The fourth-order valence-electron chi connectivity index (χ4n) is 6.64. The van der Waals surface area contributed by atoms with Crippen molar-refractivity contribution in [2.24, 2.45) is 17.8 Å². The summed E-state index contributed by atoms with van der Waals surface area (Å²) in [5.74, 6) is 0.841. The molecule has 1 saturated carbocycles. The monoisotopic (exact) mass is 616 g/mol. The fraction of sp³-hybridized carbons (Fsp3) is 0.594. The van der Waals surface area contributed by atoms with E-state index in [-0.39, 0.29) is 54.2 Å². The number of benzene rings is 2. The summed E-state index contributed by atoms with van der Waals surface area (Å²) in [4.78, 5) is 13.5. The molecule has 5 rings (SSSR count). The van der Waals surface area contributed by atoms with Gasteiger partial charge in [0.1, 0.15) is 11.9 Å². The molecular formula is C32H44N2O8S. The van der Waals surface area contributed by atoms with Crippen LogP contribution in [0.2, 0.25) is 0 Å². The van der Waals surface area contributed by atoms with Crippen molar-refractivity contribution in [2.45, 2.75) is 81.5 Å². The molecular weight excluding hydrogens is 572 g/mol. The molecule has 1 amide bonds. The van der Waals surface area contributed by atoms with Gasteiger partial charge in [-0.3, -0.25) is 0 Å². The van der Waals surface area contributed by atoms with E-state index in [1.165, 1.54) is 23.5 Å². The minimum absolute atomic E-state index is 0.00184. The normalized spacial score (nSPS) is 26.5. The van der Waals surface area contributed by atoms with E-state index in [0.29, 0.717) is 18.8 Å². The summed E-state index contributed by atoms with van der Waals surface area (Å²) in [6.07, 6.45) is 1.39. The Bertz CT molecular complexity index is 1310. The maximum Gasteiger partial charge on any atom is 0.407 e. The predicted molar refractivity (Wildman–Crippen MR) is 160 cm³/mol. The van der Waals surface area contributed by atoms with Gasteiger partial charge in [0.15, 0.2) is 6.29 Å². The molecule has 10 nitrogen and oxygen atoms in total. The zero-order chi connectivity index (χ0) is 30.6. The van der Waals surface area contributed by atoms with Crippen molar-refractivity contribution in [3.63, 3.8) is 0 Å². The highest BCUT2D eigenvalue weighted by Gasteiger charge is 2.53. The average molecular weight is 617 g/mol. The Morgan fingerprint density at radius 1 is 1.07 bits per heavy atom. The van der Waals surface area contributed by atoms with Gasteiger partial charge in [-0.25, -0.2) is 13.2 Å². The lowest BCUT2D eigenvalue weighted by molar-refractivity contribution is -0.125. The third kappa shape index (κ3) is 7.51. The lowest BCUT2D eigenvalue weighted by Gasteiger charge is -2.35. The van der Waals surface area contributed by atoms with Crippen molar-refractivity contribution in [3.05, 3.63) is 60.2 Å². The van der Waals surface area contributed by atoms with Gasteiger partial charge in [-0.05, 0) is 67.9 Å². The summed E-state index contributed by atoms with van der Waals surface area (Å²) < 4.78 is 51.8. The SMILES string of the molecule is COc1ccc(S(=O)(=O)N(CC(C)C)C[C@@H](O)[C@H](Cc2ccccc2)NC(=O)O[C@@H]2CCC[C@@H]3O[C@H]4OCC[C@H]4[C@@H]32)cc1. The van der Waals surface area contributed by atoms with Crippen LogP contribution in [0.25, 0.3) is 0 Å². The molecule has 2 N–H and O–H groups in total. The Morgan fingerprint density at radius 3 is 2.51 bits per heavy atom. The number of nitrogens with one attached hydrogen (secondary N) is 1. The highest BCUT2D eigenvalue weighted by Crippen LogP contribution is 2.47. The van der Waals surface area contributed by atoms with E-state index in [0.717, 1.165) is 31.2 Å². The number of amides is 1. The van der Waals surface area contributed by atoms with Gasteiger partial charge < -0.3 is 29.4 Å². The first-order chi connectivity index (χ1) is 20.7. The molecule has 3 aliphatic rings. The predicted octanol–water partition coefficient (Wildman–Crippen LogP) is 3.97. The van der Waals surface area contributed by atoms with Gasteiger partial charge >= 0.3 is 6.09 Å². The van der Waals surface area contributed by atoms with E-state index in [1.807, 2.05) is 44.2 Å². The van der Waals surface area contributed by atoms with Crippen molar-refractivity contribution >= 4 is 16.1 Å². The van der Waals surface area contributed by atoms with Gasteiger partial charge in [-0.2, -0.15) is 4.31 Å². The fourth-order valence-corrected chi connectivity index (χ4v) is 8.26. The molecule has 2 saturated heterocycles. The molecule has 2 aromatic rings. The second kappa shape index (κ2) is 13.9. The molecule has 0 radical (unpaired) electrons. The number of aliphatic hydroxyl groups excluding tert-OH is 1. The number of hydrogen-bond acceptors (Lipinski definition) is 8. The number of carbonyl (C=O) groups excluding carboxylic acids is 1. The standard InChI is InChI=1S/C32H44N2O8S/c1-21(2)19-34(43(37,38)24-14-12-23(39-3)13-15-24)20-27(35)26(18-22-8-5-4-6-9-22)33-32(36)42-29-11-7-10-28-30(29)25-16-17-40-31(25)41-28/h4-6,8-9,12-15,21,25-31,35H,7,10-11,16-20H2,1-3H3,(H,33,36)/t25-,26-,27+,28-,29+,30-,31+/m0/s1. The van der Waals surface area contributed by atoms with E-state index in [9.17, 15) is 18.3 Å². The van der Waals surface area contributed by atoms with Crippen molar-refractivity contribution in [1.29, 1.82) is 0 Å². The summed E-state index contributed by atoms with van der Waals surface area (Å²) in [7, 11) is -2.43. The number of fused-ring (bicyclic) bond motifs is 3. The summed E-state index contributed by atoms with van der Waals surface area (Å²) in [6.45, 7) is 4.49. The molecule has 236 valence electrons. The number of hydrogen-bond donors (Lipinski definition) is 2. The van der Waals surface area contributed by atoms with Crippen LogP contribution >= 0.6 is 0 Å². The molecule has 7 atom stereocenters. The first-order valence-corrected chi connectivity index (χ1v) is 16.7. The quantitative estimate of drug-likeness (QED) is 0.367. The second-order valence-corrected chi connectivity index (χ2v) is 14.2. The Morgan fingerprint density at radius 2 is 1.81 bits per heavy atom. The topological polar surface area (TPSA) is 124 Å². The highest BCUT2D eigenvalue weighted by atomic mass is 32.2. The summed E-state index contributed by atoms with van der Waals surface area (Å²) in [6, 6.07) is 14.9. The largest absolute Gasteiger partial charge is 0.497 e. The van der Waals surface area contributed by atoms with Crippen LogP contribution < -0.4 is 10.1 Å². The first-order valence-electron chi connectivity index (χ1n) is 15.3. The molecule has 3 fully saturated rings. The minimum Gasteiger partial charge on any atom is -0.497 e. The van der Waals surface area contributed by atoms with E-state index in [4.69, 9.17) is 18.9 Å². The van der Waals surface area contributed by atoms with Gasteiger partial charge in [0.05, 0.1) is 36.9 Å². The Balaban J connectivity index is 1.32. The highest BCUT2D eigenvalue weighted by molar-refractivity contribution is 7.89. The summed E-state index contributed by atoms with van der Waals surface area (Å²) in [5.41, 5.74) is 0.896. The Labute approximate surface area is 254 Å². The maximum atomic E-state index is 13.7. The summed E-state index contributed by atoms with van der Waals surface area (Å²) >= 11 is 0. The molecule has 2 aliphatic heterocycles. The molecule has 0 aromatic heterocycles. The number of carbonyl (C=O) groups is 1. The van der Waals surface area contributed by atoms with Crippen LogP contribution in [0.15, 0.2) is 59.5 Å². The van der Waals surface area contributed by atoms with Crippen molar-refractivity contribution in [3.8, 4) is 5.75 Å². The van der Waals surface area contributed by atoms with Gasteiger partial charge in [-0.1, -0.05) is 44.2 Å². The van der Waals surface area contributed by atoms with Crippen LogP contribution in [-0.4, -0.2) is 81.4 Å². The number of methoxy groups -OCH3 is 1. The minimum atomic E-state index is -3.94. The number of rotatable bonds is 12.